The number of fused-ring (bicyclic) bond motifs is 1. The summed E-state index contributed by atoms with van der Waals surface area (Å²) in [5, 5.41) is 10.4. The number of ether oxygens (including phenoxy) is 1. The van der Waals surface area contributed by atoms with Crippen LogP contribution in [0.5, 0.6) is 5.75 Å². The second-order valence-electron chi connectivity index (χ2n) is 6.50. The molecule has 0 amide bonds. The third-order valence-corrected chi connectivity index (χ3v) is 4.89. The summed E-state index contributed by atoms with van der Waals surface area (Å²) in [5.74, 6) is 0.881. The van der Waals surface area contributed by atoms with E-state index in [2.05, 4.69) is 11.8 Å². The SMILES string of the molecule is CC1CC2(C[C@H](O)c3ccccc3O2)CN1C1CC1. The van der Waals surface area contributed by atoms with E-state index in [1.54, 1.807) is 0 Å². The van der Waals surface area contributed by atoms with Crippen molar-refractivity contribution in [2.75, 3.05) is 6.54 Å². The number of hydrogen-bond acceptors (Lipinski definition) is 3. The zero-order chi connectivity index (χ0) is 13.0. The Morgan fingerprint density at radius 2 is 2.05 bits per heavy atom. The Hall–Kier alpha value is -1.06. The van der Waals surface area contributed by atoms with Crippen LogP contribution in [0.15, 0.2) is 24.3 Å². The topological polar surface area (TPSA) is 32.7 Å². The third kappa shape index (κ3) is 1.87. The Morgan fingerprint density at radius 1 is 1.26 bits per heavy atom. The van der Waals surface area contributed by atoms with Crippen LogP contribution in [0, 0.1) is 0 Å². The molecule has 4 rings (SSSR count). The minimum atomic E-state index is -0.378. The molecular formula is C16H21NO2. The zero-order valence-electron chi connectivity index (χ0n) is 11.4. The lowest BCUT2D eigenvalue weighted by Crippen LogP contribution is -2.44. The van der Waals surface area contributed by atoms with Crippen molar-refractivity contribution >= 4 is 0 Å². The van der Waals surface area contributed by atoms with Gasteiger partial charge in [-0.15, -0.1) is 0 Å². The zero-order valence-corrected chi connectivity index (χ0v) is 11.4. The second-order valence-corrected chi connectivity index (χ2v) is 6.50. The van der Waals surface area contributed by atoms with Crippen LogP contribution in [-0.4, -0.2) is 34.2 Å². The summed E-state index contributed by atoms with van der Waals surface area (Å²) in [7, 11) is 0. The van der Waals surface area contributed by atoms with Gasteiger partial charge >= 0.3 is 0 Å². The molecule has 1 saturated carbocycles. The Bertz CT molecular complexity index is 499. The lowest BCUT2D eigenvalue weighted by molar-refractivity contribution is -0.00773. The molecule has 2 aliphatic heterocycles. The summed E-state index contributed by atoms with van der Waals surface area (Å²) in [4.78, 5) is 2.58. The number of hydrogen-bond donors (Lipinski definition) is 1. The number of aliphatic hydroxyl groups excluding tert-OH is 1. The minimum Gasteiger partial charge on any atom is -0.485 e. The van der Waals surface area contributed by atoms with Gasteiger partial charge in [-0.2, -0.15) is 0 Å². The molecule has 0 aromatic heterocycles. The molecule has 2 heterocycles. The summed E-state index contributed by atoms with van der Waals surface area (Å²) in [5.41, 5.74) is 0.779. The van der Waals surface area contributed by atoms with E-state index in [0.717, 1.165) is 36.7 Å². The number of nitrogens with zero attached hydrogens (tertiary/aromatic N) is 1. The van der Waals surface area contributed by atoms with E-state index in [9.17, 15) is 5.11 Å². The van der Waals surface area contributed by atoms with E-state index in [1.165, 1.54) is 12.8 Å². The van der Waals surface area contributed by atoms with Gasteiger partial charge in [0.2, 0.25) is 0 Å². The van der Waals surface area contributed by atoms with E-state index >= 15 is 0 Å². The highest BCUT2D eigenvalue weighted by molar-refractivity contribution is 5.38. The van der Waals surface area contributed by atoms with Gasteiger partial charge in [0.1, 0.15) is 11.4 Å². The van der Waals surface area contributed by atoms with Crippen molar-refractivity contribution in [1.29, 1.82) is 0 Å². The first kappa shape index (κ1) is 11.7. The van der Waals surface area contributed by atoms with Crippen LogP contribution in [0.2, 0.25) is 0 Å². The Labute approximate surface area is 114 Å². The van der Waals surface area contributed by atoms with Crippen molar-refractivity contribution in [1.82, 2.24) is 4.90 Å². The van der Waals surface area contributed by atoms with Crippen molar-refractivity contribution < 1.29 is 9.84 Å². The quantitative estimate of drug-likeness (QED) is 0.841. The molecule has 3 atom stereocenters. The summed E-state index contributed by atoms with van der Waals surface area (Å²) in [6.07, 6.45) is 4.06. The molecule has 2 fully saturated rings. The molecule has 102 valence electrons. The van der Waals surface area contributed by atoms with E-state index < -0.39 is 0 Å². The molecule has 1 aromatic carbocycles. The highest BCUT2D eigenvalue weighted by Gasteiger charge is 2.51. The molecule has 1 aromatic rings. The Balaban J connectivity index is 1.64. The van der Waals surface area contributed by atoms with Crippen molar-refractivity contribution in [2.24, 2.45) is 0 Å². The average Bonchev–Trinajstić information content (AvgIpc) is 3.16. The fourth-order valence-electron chi connectivity index (χ4n) is 3.91. The maximum absolute atomic E-state index is 10.4. The normalized spacial score (nSPS) is 38.2. The number of para-hydroxylation sites is 1. The molecule has 1 N–H and O–H groups in total. The summed E-state index contributed by atoms with van der Waals surface area (Å²) in [6, 6.07) is 9.27. The predicted molar refractivity (Wildman–Crippen MR) is 73.2 cm³/mol. The Kier molecular flexibility index (Phi) is 2.45. The van der Waals surface area contributed by atoms with Gasteiger partial charge in [-0.1, -0.05) is 18.2 Å². The van der Waals surface area contributed by atoms with Crippen molar-refractivity contribution in [3.05, 3.63) is 29.8 Å². The number of aliphatic hydroxyl groups is 1. The summed E-state index contributed by atoms with van der Waals surface area (Å²) in [6.45, 7) is 3.27. The maximum Gasteiger partial charge on any atom is 0.126 e. The smallest absolute Gasteiger partial charge is 0.126 e. The van der Waals surface area contributed by atoms with Gasteiger partial charge in [-0.3, -0.25) is 4.90 Å². The van der Waals surface area contributed by atoms with Crippen LogP contribution in [0.4, 0.5) is 0 Å². The molecule has 3 aliphatic rings. The monoisotopic (exact) mass is 259 g/mol. The number of likely N-dealkylation sites (tertiary alicyclic amines) is 1. The predicted octanol–water partition coefficient (Wildman–Crippen LogP) is 2.50. The highest BCUT2D eigenvalue weighted by atomic mass is 16.5. The van der Waals surface area contributed by atoms with Gasteiger partial charge < -0.3 is 9.84 Å². The fraction of sp³-hybridized carbons (Fsp3) is 0.625. The molecule has 0 radical (unpaired) electrons. The molecule has 3 nitrogen and oxygen atoms in total. The van der Waals surface area contributed by atoms with Gasteiger partial charge in [0, 0.05) is 37.0 Å². The lowest BCUT2D eigenvalue weighted by atomic mass is 9.87. The Morgan fingerprint density at radius 3 is 2.84 bits per heavy atom. The standard InChI is InChI=1S/C16H21NO2/c1-11-8-16(10-17(11)12-6-7-12)9-14(18)13-4-2-3-5-15(13)19-16/h2-5,11-12,14,18H,6-10H2,1H3/t11?,14-,16?/m0/s1. The minimum absolute atomic E-state index is 0.171. The van der Waals surface area contributed by atoms with Crippen LogP contribution in [0.1, 0.15) is 44.3 Å². The molecule has 2 unspecified atom stereocenters. The second kappa shape index (κ2) is 3.97. The van der Waals surface area contributed by atoms with Gasteiger partial charge in [0.25, 0.3) is 0 Å². The van der Waals surface area contributed by atoms with Crippen molar-refractivity contribution in [3.63, 3.8) is 0 Å². The number of benzene rings is 1. The van der Waals surface area contributed by atoms with E-state index in [1.807, 2.05) is 24.3 Å². The fourth-order valence-corrected chi connectivity index (χ4v) is 3.91. The summed E-state index contributed by atoms with van der Waals surface area (Å²) >= 11 is 0. The molecule has 3 heteroatoms. The van der Waals surface area contributed by atoms with E-state index in [4.69, 9.17) is 4.74 Å². The average molecular weight is 259 g/mol. The van der Waals surface area contributed by atoms with E-state index in [0.29, 0.717) is 6.04 Å². The van der Waals surface area contributed by atoms with Crippen molar-refractivity contribution in [2.45, 2.75) is 56.4 Å². The highest BCUT2D eigenvalue weighted by Crippen LogP contribution is 2.47. The van der Waals surface area contributed by atoms with Crippen LogP contribution >= 0.6 is 0 Å². The first-order chi connectivity index (χ1) is 9.17. The summed E-state index contributed by atoms with van der Waals surface area (Å²) < 4.78 is 6.33. The molecule has 19 heavy (non-hydrogen) atoms. The molecular weight excluding hydrogens is 238 g/mol. The molecule has 0 bridgehead atoms. The van der Waals surface area contributed by atoms with Gasteiger partial charge in [0.05, 0.1) is 6.10 Å². The lowest BCUT2D eigenvalue weighted by Gasteiger charge is -2.38. The first-order valence-corrected chi connectivity index (χ1v) is 7.39. The van der Waals surface area contributed by atoms with Crippen molar-refractivity contribution in [3.8, 4) is 5.75 Å². The van der Waals surface area contributed by atoms with Gasteiger partial charge in [-0.05, 0) is 25.8 Å². The number of rotatable bonds is 1. The van der Waals surface area contributed by atoms with Crippen LogP contribution in [0.3, 0.4) is 0 Å². The van der Waals surface area contributed by atoms with E-state index in [-0.39, 0.29) is 11.7 Å². The van der Waals surface area contributed by atoms with Gasteiger partial charge in [-0.25, -0.2) is 0 Å². The third-order valence-electron chi connectivity index (χ3n) is 4.89. The largest absolute Gasteiger partial charge is 0.485 e. The van der Waals surface area contributed by atoms with Crippen LogP contribution < -0.4 is 4.74 Å². The van der Waals surface area contributed by atoms with Crippen LogP contribution in [-0.2, 0) is 0 Å². The molecule has 1 saturated heterocycles. The molecule has 1 spiro atoms. The van der Waals surface area contributed by atoms with Crippen LogP contribution in [0.25, 0.3) is 0 Å². The van der Waals surface area contributed by atoms with Gasteiger partial charge in [0.15, 0.2) is 0 Å². The first-order valence-electron chi connectivity index (χ1n) is 7.39. The molecule has 1 aliphatic carbocycles. The maximum atomic E-state index is 10.4.